The first-order chi connectivity index (χ1) is 6.37. The first kappa shape index (κ1) is 10.6. The molecule has 10 heteroatoms. The molecule has 0 atom stereocenters. The van der Waals surface area contributed by atoms with Crippen LogP contribution in [0.25, 0.3) is 0 Å². The molecule has 1 aromatic rings. The van der Waals surface area contributed by atoms with Gasteiger partial charge in [0.25, 0.3) is 0 Å². The largest absolute Gasteiger partial charge is 0.368 e. The van der Waals surface area contributed by atoms with Crippen molar-refractivity contribution in [3.05, 3.63) is 0 Å². The van der Waals surface area contributed by atoms with Crippen LogP contribution in [0.5, 0.6) is 0 Å². The number of anilines is 3. The van der Waals surface area contributed by atoms with Crippen LogP contribution in [0, 0.1) is 0 Å². The maximum Gasteiger partial charge on any atom is 0.344 e. The number of nitrogen functional groups attached to an aromatic ring is 2. The zero-order chi connectivity index (χ0) is 10.8. The number of hydrogen-bond acceptors (Lipinski definition) is 7. The van der Waals surface area contributed by atoms with E-state index in [2.05, 4.69) is 20.3 Å². The van der Waals surface area contributed by atoms with Gasteiger partial charge in [-0.1, -0.05) is 0 Å². The van der Waals surface area contributed by atoms with Crippen molar-refractivity contribution in [1.82, 2.24) is 15.0 Å². The van der Waals surface area contributed by atoms with Crippen molar-refractivity contribution in [3.8, 4) is 0 Å². The van der Waals surface area contributed by atoms with E-state index in [4.69, 9.17) is 21.3 Å². The van der Waals surface area contributed by atoms with Crippen LogP contribution in [0.3, 0.4) is 0 Å². The average Bonchev–Trinajstić information content (AvgIpc) is 1.97. The van der Waals surface area contributed by atoms with E-state index in [1.165, 1.54) is 0 Å². The normalized spacial score (nSPS) is 11.3. The van der Waals surface area contributed by atoms with Gasteiger partial charge in [-0.05, 0) is 0 Å². The van der Waals surface area contributed by atoms with Crippen LogP contribution < -0.4 is 16.8 Å². The second-order valence-electron chi connectivity index (χ2n) is 2.37. The van der Waals surface area contributed by atoms with Crippen LogP contribution in [0.4, 0.5) is 17.8 Å². The topological polar surface area (TPSA) is 160 Å². The second kappa shape index (κ2) is 3.74. The number of hydrogen-bond donors (Lipinski definition) is 5. The lowest BCUT2D eigenvalue weighted by Gasteiger charge is -2.06. The summed E-state index contributed by atoms with van der Waals surface area (Å²) in [5.41, 5.74) is 10.4. The number of nitrogens with one attached hydrogen (secondary N) is 1. The lowest BCUT2D eigenvalue weighted by Crippen LogP contribution is -2.10. The monoisotopic (exact) mass is 220 g/mol. The van der Waals surface area contributed by atoms with E-state index in [1.54, 1.807) is 0 Å². The Morgan fingerprint density at radius 2 is 1.71 bits per heavy atom. The predicted molar refractivity (Wildman–Crippen MR) is 49.2 cm³/mol. The van der Waals surface area contributed by atoms with Crippen LogP contribution >= 0.6 is 7.60 Å². The van der Waals surface area contributed by atoms with E-state index < -0.39 is 13.9 Å². The van der Waals surface area contributed by atoms with Crippen LogP contribution in [0.1, 0.15) is 0 Å². The lowest BCUT2D eigenvalue weighted by molar-refractivity contribution is 0.375. The molecule has 0 saturated carbocycles. The van der Waals surface area contributed by atoms with Gasteiger partial charge in [0.2, 0.25) is 17.8 Å². The first-order valence-corrected chi connectivity index (χ1v) is 5.22. The summed E-state index contributed by atoms with van der Waals surface area (Å²) in [6.45, 7) is 0. The van der Waals surface area contributed by atoms with Crippen molar-refractivity contribution < 1.29 is 14.4 Å². The van der Waals surface area contributed by atoms with Gasteiger partial charge in [0, 0.05) is 0 Å². The molecule has 0 unspecified atom stereocenters. The molecule has 1 heterocycles. The van der Waals surface area contributed by atoms with Crippen LogP contribution in [0.2, 0.25) is 0 Å². The van der Waals surface area contributed by atoms with Gasteiger partial charge < -0.3 is 26.6 Å². The van der Waals surface area contributed by atoms with Crippen molar-refractivity contribution in [2.24, 2.45) is 0 Å². The fourth-order valence-corrected chi connectivity index (χ4v) is 1.01. The maximum atomic E-state index is 10.5. The van der Waals surface area contributed by atoms with E-state index >= 15 is 0 Å². The van der Waals surface area contributed by atoms with Gasteiger partial charge >= 0.3 is 7.60 Å². The molecule has 0 spiro atoms. The molecular formula is C4H9N6O3P. The molecule has 0 bridgehead atoms. The molecule has 1 rings (SSSR count). The Morgan fingerprint density at radius 1 is 1.21 bits per heavy atom. The Labute approximate surface area is 78.7 Å². The lowest BCUT2D eigenvalue weighted by atomic mass is 10.8. The minimum Gasteiger partial charge on any atom is -0.368 e. The fraction of sp³-hybridized carbons (Fsp3) is 0.250. The highest BCUT2D eigenvalue weighted by Crippen LogP contribution is 2.33. The highest BCUT2D eigenvalue weighted by Gasteiger charge is 2.13. The third kappa shape index (κ3) is 3.52. The molecule has 0 aliphatic heterocycles. The molecule has 0 radical (unpaired) electrons. The molecule has 1 aromatic heterocycles. The van der Waals surface area contributed by atoms with E-state index in [0.29, 0.717) is 0 Å². The van der Waals surface area contributed by atoms with E-state index in [1.807, 2.05) is 0 Å². The Morgan fingerprint density at radius 3 is 2.14 bits per heavy atom. The summed E-state index contributed by atoms with van der Waals surface area (Å²) in [4.78, 5) is 27.7. The molecular weight excluding hydrogens is 211 g/mol. The van der Waals surface area contributed by atoms with E-state index in [0.717, 1.165) is 0 Å². The predicted octanol–water partition coefficient (Wildman–Crippen LogP) is -1.42. The van der Waals surface area contributed by atoms with Gasteiger partial charge in [-0.2, -0.15) is 15.0 Å². The van der Waals surface area contributed by atoms with Crippen LogP contribution in [0.15, 0.2) is 0 Å². The number of nitrogens with two attached hydrogens (primary N) is 2. The molecule has 0 aromatic carbocycles. The summed E-state index contributed by atoms with van der Waals surface area (Å²) in [6.07, 6.45) is -0.587. The Hall–Kier alpha value is -1.44. The molecule has 9 nitrogen and oxygen atoms in total. The van der Waals surface area contributed by atoms with E-state index in [-0.39, 0.29) is 17.8 Å². The summed E-state index contributed by atoms with van der Waals surface area (Å²) in [5.74, 6) is -0.310. The van der Waals surface area contributed by atoms with Crippen molar-refractivity contribution in [2.45, 2.75) is 0 Å². The van der Waals surface area contributed by atoms with Crippen molar-refractivity contribution in [1.29, 1.82) is 0 Å². The minimum absolute atomic E-state index is 0.0710. The van der Waals surface area contributed by atoms with Crippen molar-refractivity contribution in [2.75, 3.05) is 23.1 Å². The zero-order valence-electron chi connectivity index (χ0n) is 6.95. The summed E-state index contributed by atoms with van der Waals surface area (Å²) < 4.78 is 10.5. The van der Waals surface area contributed by atoms with Gasteiger partial charge in [-0.15, -0.1) is 0 Å². The van der Waals surface area contributed by atoms with Gasteiger partial charge in [0.1, 0.15) is 6.29 Å². The quantitative estimate of drug-likeness (QED) is 0.385. The standard InChI is InChI=1S/C4H9N6O3P/c5-2-8-3(6)10-4(9-2)7-1-14(11,12)13/h1H2,(H2,11,12,13)(H5,5,6,7,8,9,10). The Balaban J connectivity index is 2.73. The summed E-state index contributed by atoms with van der Waals surface area (Å²) in [7, 11) is -4.15. The molecule has 0 fully saturated rings. The zero-order valence-corrected chi connectivity index (χ0v) is 7.85. The molecule has 7 N–H and O–H groups in total. The van der Waals surface area contributed by atoms with Gasteiger partial charge in [0.05, 0.1) is 0 Å². The fourth-order valence-electron chi connectivity index (χ4n) is 0.662. The highest BCUT2D eigenvalue weighted by atomic mass is 31.2. The Bertz CT molecular complexity index is 357. The molecule has 78 valence electrons. The van der Waals surface area contributed by atoms with Crippen LogP contribution in [-0.4, -0.2) is 31.0 Å². The average molecular weight is 220 g/mol. The molecule has 14 heavy (non-hydrogen) atoms. The molecule has 0 saturated heterocycles. The first-order valence-electron chi connectivity index (χ1n) is 3.42. The third-order valence-corrected chi connectivity index (χ3v) is 1.68. The number of aromatic nitrogens is 3. The highest BCUT2D eigenvalue weighted by molar-refractivity contribution is 7.51. The van der Waals surface area contributed by atoms with E-state index in [9.17, 15) is 4.57 Å². The van der Waals surface area contributed by atoms with Crippen molar-refractivity contribution >= 4 is 25.4 Å². The summed E-state index contributed by atoms with van der Waals surface area (Å²) in [6, 6.07) is 0. The number of rotatable bonds is 3. The van der Waals surface area contributed by atoms with Crippen LogP contribution in [-0.2, 0) is 4.57 Å². The SMILES string of the molecule is Nc1nc(N)nc(NCP(=O)(O)O)n1. The summed E-state index contributed by atoms with van der Waals surface area (Å²) in [5, 5.41) is 2.28. The second-order valence-corrected chi connectivity index (χ2v) is 4.02. The van der Waals surface area contributed by atoms with Gasteiger partial charge in [-0.3, -0.25) is 4.57 Å². The van der Waals surface area contributed by atoms with Crippen molar-refractivity contribution in [3.63, 3.8) is 0 Å². The maximum absolute atomic E-state index is 10.5. The van der Waals surface area contributed by atoms with Gasteiger partial charge in [-0.25, -0.2) is 0 Å². The minimum atomic E-state index is -4.15. The Kier molecular flexibility index (Phi) is 2.84. The number of nitrogens with zero attached hydrogens (tertiary/aromatic N) is 3. The smallest absolute Gasteiger partial charge is 0.344 e. The third-order valence-electron chi connectivity index (χ3n) is 1.11. The van der Waals surface area contributed by atoms with Gasteiger partial charge in [0.15, 0.2) is 0 Å². The molecule has 0 aliphatic rings. The molecule has 0 aliphatic carbocycles. The molecule has 0 amide bonds. The summed E-state index contributed by atoms with van der Waals surface area (Å²) >= 11 is 0.